The molecule has 0 aliphatic carbocycles. The molecule has 0 bridgehead atoms. The fourth-order valence-corrected chi connectivity index (χ4v) is 1.79. The smallest absolute Gasteiger partial charge is 0.404 e. The minimum Gasteiger partial charge on any atom is -0.465 e. The van der Waals surface area contributed by atoms with Crippen molar-refractivity contribution in [3.05, 3.63) is 35.4 Å². The van der Waals surface area contributed by atoms with Gasteiger partial charge in [0.05, 0.1) is 18.7 Å². The summed E-state index contributed by atoms with van der Waals surface area (Å²) in [6.45, 7) is 0. The first-order valence-electron chi connectivity index (χ1n) is 6.25. The SMILES string of the molecule is CON(C)C(=O)CC(Cc1ccc(C#N)cc1)NC(=O)O. The van der Waals surface area contributed by atoms with Crippen LogP contribution in [0.2, 0.25) is 0 Å². The minimum absolute atomic E-state index is 0.0172. The molecule has 0 heterocycles. The molecule has 0 aliphatic heterocycles. The number of hydrogen-bond acceptors (Lipinski definition) is 4. The van der Waals surface area contributed by atoms with Crippen molar-refractivity contribution >= 4 is 12.0 Å². The first kappa shape index (κ1) is 16.5. The molecule has 1 atom stereocenters. The van der Waals surface area contributed by atoms with Gasteiger partial charge in [-0.25, -0.2) is 9.86 Å². The zero-order chi connectivity index (χ0) is 15.8. The van der Waals surface area contributed by atoms with Crippen molar-refractivity contribution in [3.8, 4) is 6.07 Å². The van der Waals surface area contributed by atoms with E-state index in [-0.39, 0.29) is 12.3 Å². The van der Waals surface area contributed by atoms with Gasteiger partial charge in [0.25, 0.3) is 0 Å². The molecule has 0 aliphatic rings. The van der Waals surface area contributed by atoms with Gasteiger partial charge < -0.3 is 10.4 Å². The molecule has 1 rings (SSSR count). The molecule has 1 aromatic rings. The van der Waals surface area contributed by atoms with Gasteiger partial charge in [-0.05, 0) is 24.1 Å². The summed E-state index contributed by atoms with van der Waals surface area (Å²) in [4.78, 5) is 27.4. The number of amides is 2. The predicted molar refractivity (Wildman–Crippen MR) is 74.2 cm³/mol. The van der Waals surface area contributed by atoms with Crippen molar-refractivity contribution in [2.45, 2.75) is 18.9 Å². The van der Waals surface area contributed by atoms with Crippen LogP contribution >= 0.6 is 0 Å². The van der Waals surface area contributed by atoms with Crippen LogP contribution in [0.3, 0.4) is 0 Å². The predicted octanol–water partition coefficient (Wildman–Crippen LogP) is 1.15. The van der Waals surface area contributed by atoms with Crippen LogP contribution in [0, 0.1) is 11.3 Å². The Morgan fingerprint density at radius 3 is 2.52 bits per heavy atom. The third-order valence-corrected chi connectivity index (χ3v) is 2.94. The first-order chi connectivity index (χ1) is 9.96. The maximum Gasteiger partial charge on any atom is 0.404 e. The highest BCUT2D eigenvalue weighted by Crippen LogP contribution is 2.09. The fourth-order valence-electron chi connectivity index (χ4n) is 1.79. The Balaban J connectivity index is 2.75. The van der Waals surface area contributed by atoms with Gasteiger partial charge in [0.15, 0.2) is 0 Å². The lowest BCUT2D eigenvalue weighted by Crippen LogP contribution is -2.40. The van der Waals surface area contributed by atoms with Gasteiger partial charge in [-0.2, -0.15) is 5.26 Å². The molecule has 0 saturated carbocycles. The number of nitrogens with one attached hydrogen (secondary N) is 1. The van der Waals surface area contributed by atoms with Crippen molar-refractivity contribution in [3.63, 3.8) is 0 Å². The second kappa shape index (κ2) is 7.87. The average Bonchev–Trinajstić information content (AvgIpc) is 2.46. The molecule has 21 heavy (non-hydrogen) atoms. The summed E-state index contributed by atoms with van der Waals surface area (Å²) >= 11 is 0. The monoisotopic (exact) mass is 291 g/mol. The van der Waals surface area contributed by atoms with E-state index >= 15 is 0 Å². The zero-order valence-electron chi connectivity index (χ0n) is 11.9. The highest BCUT2D eigenvalue weighted by atomic mass is 16.7. The van der Waals surface area contributed by atoms with Crippen LogP contribution in [0.25, 0.3) is 0 Å². The van der Waals surface area contributed by atoms with Crippen LogP contribution in [0.5, 0.6) is 0 Å². The van der Waals surface area contributed by atoms with Gasteiger partial charge in [-0.3, -0.25) is 9.63 Å². The summed E-state index contributed by atoms with van der Waals surface area (Å²) in [6, 6.07) is 8.21. The number of rotatable bonds is 6. The van der Waals surface area contributed by atoms with E-state index in [0.717, 1.165) is 10.6 Å². The van der Waals surface area contributed by atoms with E-state index in [0.29, 0.717) is 12.0 Å². The molecular formula is C14H17N3O4. The number of benzene rings is 1. The van der Waals surface area contributed by atoms with Gasteiger partial charge in [0, 0.05) is 19.5 Å². The number of carboxylic acid groups (broad SMARTS) is 1. The molecular weight excluding hydrogens is 274 g/mol. The number of carbonyl (C=O) groups excluding carboxylic acids is 1. The van der Waals surface area contributed by atoms with E-state index in [1.54, 1.807) is 24.3 Å². The zero-order valence-corrected chi connectivity index (χ0v) is 11.9. The minimum atomic E-state index is -1.19. The molecule has 1 aromatic carbocycles. The largest absolute Gasteiger partial charge is 0.465 e. The number of nitrogens with zero attached hydrogens (tertiary/aromatic N) is 2. The third kappa shape index (κ3) is 5.50. The Labute approximate surface area is 122 Å². The van der Waals surface area contributed by atoms with Crippen LogP contribution in [0.1, 0.15) is 17.5 Å². The number of nitriles is 1. The second-order valence-electron chi connectivity index (χ2n) is 4.44. The maximum atomic E-state index is 11.8. The molecule has 2 amide bonds. The Hall–Kier alpha value is -2.59. The van der Waals surface area contributed by atoms with Crippen molar-refractivity contribution in [2.75, 3.05) is 14.2 Å². The lowest BCUT2D eigenvalue weighted by molar-refractivity contribution is -0.169. The highest BCUT2D eigenvalue weighted by molar-refractivity contribution is 5.76. The van der Waals surface area contributed by atoms with Crippen LogP contribution in [0.15, 0.2) is 24.3 Å². The molecule has 0 fully saturated rings. The molecule has 112 valence electrons. The van der Waals surface area contributed by atoms with Gasteiger partial charge >= 0.3 is 6.09 Å². The summed E-state index contributed by atoms with van der Waals surface area (Å²) in [5.74, 6) is -0.329. The Kier molecular flexibility index (Phi) is 6.17. The summed E-state index contributed by atoms with van der Waals surface area (Å²) in [5, 5.41) is 20.9. The fraction of sp³-hybridized carbons (Fsp3) is 0.357. The average molecular weight is 291 g/mol. The van der Waals surface area contributed by atoms with E-state index < -0.39 is 12.1 Å². The molecule has 7 heteroatoms. The summed E-state index contributed by atoms with van der Waals surface area (Å²) in [6.07, 6.45) is -0.862. The number of hydrogen-bond donors (Lipinski definition) is 2. The molecule has 0 saturated heterocycles. The van der Waals surface area contributed by atoms with Crippen LogP contribution in [0.4, 0.5) is 4.79 Å². The summed E-state index contributed by atoms with van der Waals surface area (Å²) < 4.78 is 0. The molecule has 2 N–H and O–H groups in total. The highest BCUT2D eigenvalue weighted by Gasteiger charge is 2.19. The van der Waals surface area contributed by atoms with E-state index in [1.807, 2.05) is 6.07 Å². The third-order valence-electron chi connectivity index (χ3n) is 2.94. The molecule has 1 unspecified atom stereocenters. The molecule has 7 nitrogen and oxygen atoms in total. The Morgan fingerprint density at radius 2 is 2.05 bits per heavy atom. The van der Waals surface area contributed by atoms with Gasteiger partial charge in [0.1, 0.15) is 0 Å². The first-order valence-corrected chi connectivity index (χ1v) is 6.25. The van der Waals surface area contributed by atoms with E-state index in [9.17, 15) is 9.59 Å². The van der Waals surface area contributed by atoms with Crippen molar-refractivity contribution in [1.29, 1.82) is 5.26 Å². The number of hydroxylamine groups is 2. The summed E-state index contributed by atoms with van der Waals surface area (Å²) in [5.41, 5.74) is 1.36. The number of carbonyl (C=O) groups is 2. The van der Waals surface area contributed by atoms with Crippen molar-refractivity contribution < 1.29 is 19.5 Å². The van der Waals surface area contributed by atoms with Crippen LogP contribution in [-0.4, -0.2) is 42.4 Å². The van der Waals surface area contributed by atoms with Crippen molar-refractivity contribution in [1.82, 2.24) is 10.4 Å². The normalized spacial score (nSPS) is 11.3. The standard InChI is InChI=1S/C14H17N3O4/c1-17(21-2)13(18)8-12(16-14(19)20)7-10-3-5-11(9-15)6-4-10/h3-6,12,16H,7-8H2,1-2H3,(H,19,20). The molecule has 0 aromatic heterocycles. The van der Waals surface area contributed by atoms with Gasteiger partial charge in [0.2, 0.25) is 5.91 Å². The Morgan fingerprint density at radius 1 is 1.43 bits per heavy atom. The quantitative estimate of drug-likeness (QED) is 0.765. The van der Waals surface area contributed by atoms with E-state index in [1.165, 1.54) is 14.2 Å². The summed E-state index contributed by atoms with van der Waals surface area (Å²) in [7, 11) is 2.82. The maximum absolute atomic E-state index is 11.8. The van der Waals surface area contributed by atoms with E-state index in [2.05, 4.69) is 5.32 Å². The van der Waals surface area contributed by atoms with E-state index in [4.69, 9.17) is 15.2 Å². The molecule has 0 radical (unpaired) electrons. The van der Waals surface area contributed by atoms with Gasteiger partial charge in [-0.1, -0.05) is 12.1 Å². The lowest BCUT2D eigenvalue weighted by Gasteiger charge is -2.20. The lowest BCUT2D eigenvalue weighted by atomic mass is 10.0. The molecule has 0 spiro atoms. The second-order valence-corrected chi connectivity index (χ2v) is 4.44. The Bertz CT molecular complexity index is 536. The van der Waals surface area contributed by atoms with Gasteiger partial charge in [-0.15, -0.1) is 0 Å². The van der Waals surface area contributed by atoms with Crippen LogP contribution < -0.4 is 5.32 Å². The van der Waals surface area contributed by atoms with Crippen molar-refractivity contribution in [2.24, 2.45) is 0 Å². The topological polar surface area (TPSA) is 103 Å². The van der Waals surface area contributed by atoms with Crippen LogP contribution in [-0.2, 0) is 16.1 Å².